The van der Waals surface area contributed by atoms with Crippen LogP contribution in [0.3, 0.4) is 0 Å². The summed E-state index contributed by atoms with van der Waals surface area (Å²) in [6, 6.07) is 13.2. The first-order chi connectivity index (χ1) is 9.24. The highest BCUT2D eigenvalue weighted by Gasteiger charge is 2.12. The van der Waals surface area contributed by atoms with Crippen LogP contribution in [0.4, 0.5) is 0 Å². The predicted molar refractivity (Wildman–Crippen MR) is 79.5 cm³/mol. The highest BCUT2D eigenvalue weighted by molar-refractivity contribution is 9.10. The smallest absolute Gasteiger partial charge is 0.232 e. The molecule has 4 rings (SSSR count). The van der Waals surface area contributed by atoms with Crippen LogP contribution in [0.15, 0.2) is 56.1 Å². The van der Waals surface area contributed by atoms with Crippen LogP contribution in [-0.2, 0) is 0 Å². The van der Waals surface area contributed by atoms with E-state index in [-0.39, 0.29) is 5.43 Å². The number of H-pyrrole nitrogens is 1. The molecule has 0 unspecified atom stereocenters. The van der Waals surface area contributed by atoms with Crippen LogP contribution in [0.25, 0.3) is 33.0 Å². The van der Waals surface area contributed by atoms with Crippen molar-refractivity contribution in [2.75, 3.05) is 0 Å². The number of furan rings is 1. The summed E-state index contributed by atoms with van der Waals surface area (Å²) in [6.07, 6.45) is 0. The number of para-hydroxylation sites is 1. The fourth-order valence-corrected chi connectivity index (χ4v) is 2.76. The molecule has 2 heterocycles. The lowest BCUT2D eigenvalue weighted by atomic mass is 10.1. The van der Waals surface area contributed by atoms with Crippen LogP contribution in [0, 0.1) is 0 Å². The number of hydrogen-bond acceptors (Lipinski definition) is 2. The van der Waals surface area contributed by atoms with Crippen molar-refractivity contribution >= 4 is 48.9 Å². The Morgan fingerprint density at radius 3 is 2.79 bits per heavy atom. The summed E-state index contributed by atoms with van der Waals surface area (Å²) in [5.41, 5.74) is 2.59. The van der Waals surface area contributed by atoms with Gasteiger partial charge in [0.05, 0.1) is 16.4 Å². The highest BCUT2D eigenvalue weighted by Crippen LogP contribution is 2.27. The second-order valence-electron chi connectivity index (χ2n) is 4.45. The van der Waals surface area contributed by atoms with Gasteiger partial charge in [-0.15, -0.1) is 0 Å². The SMILES string of the molecule is O=c1c2cc(Br)ccc2[nH]c2c1oc1ccccc12. The van der Waals surface area contributed by atoms with E-state index in [0.29, 0.717) is 11.0 Å². The van der Waals surface area contributed by atoms with Gasteiger partial charge in [0.1, 0.15) is 5.58 Å². The molecule has 1 N–H and O–H groups in total. The molecule has 2 aromatic heterocycles. The molecule has 0 aliphatic carbocycles. The molecule has 0 atom stereocenters. The molecular weight excluding hydrogens is 306 g/mol. The first-order valence-electron chi connectivity index (χ1n) is 5.87. The number of aromatic amines is 1. The van der Waals surface area contributed by atoms with E-state index in [1.54, 1.807) is 6.07 Å². The van der Waals surface area contributed by atoms with Crippen molar-refractivity contribution in [3.63, 3.8) is 0 Å². The van der Waals surface area contributed by atoms with Crippen molar-refractivity contribution in [3.8, 4) is 0 Å². The van der Waals surface area contributed by atoms with Gasteiger partial charge in [-0.25, -0.2) is 0 Å². The van der Waals surface area contributed by atoms with Gasteiger partial charge < -0.3 is 9.40 Å². The zero-order valence-electron chi connectivity index (χ0n) is 9.74. The average molecular weight is 314 g/mol. The lowest BCUT2D eigenvalue weighted by Gasteiger charge is -1.99. The maximum atomic E-state index is 12.5. The summed E-state index contributed by atoms with van der Waals surface area (Å²) in [5.74, 6) is 0. The molecule has 0 saturated heterocycles. The fourth-order valence-electron chi connectivity index (χ4n) is 2.40. The molecule has 0 aliphatic rings. The van der Waals surface area contributed by atoms with Gasteiger partial charge in [0.25, 0.3) is 0 Å². The summed E-state index contributed by atoms with van der Waals surface area (Å²) in [6.45, 7) is 0. The average Bonchev–Trinajstić information content (AvgIpc) is 2.79. The van der Waals surface area contributed by atoms with E-state index in [0.717, 1.165) is 26.5 Å². The fraction of sp³-hybridized carbons (Fsp3) is 0. The number of aromatic nitrogens is 1. The minimum Gasteiger partial charge on any atom is -0.450 e. The molecule has 0 amide bonds. The van der Waals surface area contributed by atoms with Crippen LogP contribution in [0.5, 0.6) is 0 Å². The second-order valence-corrected chi connectivity index (χ2v) is 5.36. The Hall–Kier alpha value is -2.07. The molecule has 0 fully saturated rings. The summed E-state index contributed by atoms with van der Waals surface area (Å²) >= 11 is 3.38. The topological polar surface area (TPSA) is 46.0 Å². The Labute approximate surface area is 116 Å². The van der Waals surface area contributed by atoms with E-state index in [1.165, 1.54) is 0 Å². The van der Waals surface area contributed by atoms with Crippen molar-refractivity contribution in [3.05, 3.63) is 57.2 Å². The minimum atomic E-state index is -0.0822. The molecule has 0 aliphatic heterocycles. The van der Waals surface area contributed by atoms with E-state index >= 15 is 0 Å². The van der Waals surface area contributed by atoms with Crippen LogP contribution in [-0.4, -0.2) is 4.98 Å². The van der Waals surface area contributed by atoms with Crippen molar-refractivity contribution in [2.45, 2.75) is 0 Å². The van der Waals surface area contributed by atoms with Gasteiger partial charge in [0.2, 0.25) is 5.43 Å². The van der Waals surface area contributed by atoms with Crippen LogP contribution in [0.2, 0.25) is 0 Å². The summed E-state index contributed by atoms with van der Waals surface area (Å²) in [5, 5.41) is 1.56. The van der Waals surface area contributed by atoms with Gasteiger partial charge in [-0.2, -0.15) is 0 Å². The molecule has 0 bridgehead atoms. The van der Waals surface area contributed by atoms with Gasteiger partial charge in [0.15, 0.2) is 5.58 Å². The first-order valence-corrected chi connectivity index (χ1v) is 6.66. The van der Waals surface area contributed by atoms with Crippen molar-refractivity contribution in [1.82, 2.24) is 4.98 Å². The van der Waals surface area contributed by atoms with Gasteiger partial charge in [-0.05, 0) is 30.3 Å². The Bertz CT molecular complexity index is 997. The van der Waals surface area contributed by atoms with Gasteiger partial charge >= 0.3 is 0 Å². The van der Waals surface area contributed by atoms with Crippen molar-refractivity contribution in [1.29, 1.82) is 0 Å². The lowest BCUT2D eigenvalue weighted by molar-refractivity contribution is 0.665. The molecule has 0 radical (unpaired) electrons. The Kier molecular flexibility index (Phi) is 2.11. The minimum absolute atomic E-state index is 0.0822. The molecule has 0 saturated carbocycles. The van der Waals surface area contributed by atoms with Gasteiger partial charge in [0, 0.05) is 9.86 Å². The predicted octanol–water partition coefficient (Wildman–Crippen LogP) is 4.19. The highest BCUT2D eigenvalue weighted by atomic mass is 79.9. The van der Waals surface area contributed by atoms with Crippen molar-refractivity contribution in [2.24, 2.45) is 0 Å². The molecule has 19 heavy (non-hydrogen) atoms. The number of benzene rings is 2. The lowest BCUT2D eigenvalue weighted by Crippen LogP contribution is -2.02. The monoisotopic (exact) mass is 313 g/mol. The van der Waals surface area contributed by atoms with Crippen LogP contribution >= 0.6 is 15.9 Å². The van der Waals surface area contributed by atoms with Crippen LogP contribution in [0.1, 0.15) is 0 Å². The molecule has 4 heteroatoms. The third kappa shape index (κ3) is 1.47. The summed E-state index contributed by atoms with van der Waals surface area (Å²) in [4.78, 5) is 15.8. The van der Waals surface area contributed by atoms with E-state index in [9.17, 15) is 4.79 Å². The van der Waals surface area contributed by atoms with E-state index in [2.05, 4.69) is 20.9 Å². The van der Waals surface area contributed by atoms with Gasteiger partial charge in [-0.1, -0.05) is 28.1 Å². The summed E-state index contributed by atoms with van der Waals surface area (Å²) < 4.78 is 6.55. The third-order valence-electron chi connectivity index (χ3n) is 3.29. The van der Waals surface area contributed by atoms with Crippen LogP contribution < -0.4 is 5.43 Å². The maximum absolute atomic E-state index is 12.5. The van der Waals surface area contributed by atoms with E-state index in [1.807, 2.05) is 36.4 Å². The zero-order valence-corrected chi connectivity index (χ0v) is 11.3. The quantitative estimate of drug-likeness (QED) is 0.529. The second kappa shape index (κ2) is 3.71. The number of fused-ring (bicyclic) bond motifs is 4. The largest absolute Gasteiger partial charge is 0.450 e. The number of halogens is 1. The molecule has 0 spiro atoms. The van der Waals surface area contributed by atoms with Gasteiger partial charge in [-0.3, -0.25) is 4.79 Å². The number of nitrogens with one attached hydrogen (secondary N) is 1. The third-order valence-corrected chi connectivity index (χ3v) is 3.78. The number of hydrogen-bond donors (Lipinski definition) is 1. The maximum Gasteiger partial charge on any atom is 0.232 e. The molecule has 2 aromatic carbocycles. The Balaban J connectivity index is 2.33. The molecule has 92 valence electrons. The zero-order chi connectivity index (χ0) is 13.0. The first kappa shape index (κ1) is 10.8. The molecule has 4 aromatic rings. The standard InChI is InChI=1S/C15H8BrNO2/c16-8-5-6-11-10(7-8)14(18)15-13(17-11)9-3-1-2-4-12(9)19-15/h1-7H,(H,17,18). The summed E-state index contributed by atoms with van der Waals surface area (Å²) in [7, 11) is 0. The molecular formula is C15H8BrNO2. The number of rotatable bonds is 0. The Morgan fingerprint density at radius 1 is 1.05 bits per heavy atom. The van der Waals surface area contributed by atoms with Crippen molar-refractivity contribution < 1.29 is 4.42 Å². The Morgan fingerprint density at radius 2 is 1.89 bits per heavy atom. The van der Waals surface area contributed by atoms with E-state index < -0.39 is 0 Å². The van der Waals surface area contributed by atoms with E-state index in [4.69, 9.17) is 4.42 Å². The molecule has 3 nitrogen and oxygen atoms in total. The normalized spacial score (nSPS) is 11.6. The number of pyridine rings is 1.